The van der Waals surface area contributed by atoms with Crippen molar-refractivity contribution in [1.82, 2.24) is 0 Å². The molecule has 0 aliphatic carbocycles. The largest absolute Gasteiger partial charge is 3.00 e. The topological polar surface area (TPSA) is 232 Å². The fourth-order valence-corrected chi connectivity index (χ4v) is 9.84. The van der Waals surface area contributed by atoms with Gasteiger partial charge in [0.05, 0.1) is 0 Å². The van der Waals surface area contributed by atoms with E-state index in [0.717, 1.165) is 0 Å². The van der Waals surface area contributed by atoms with Crippen molar-refractivity contribution in [2.24, 2.45) is 0 Å². The van der Waals surface area contributed by atoms with Crippen molar-refractivity contribution in [3.8, 4) is 0 Å². The molecule has 3 N–H and O–H groups in total. The first-order valence-corrected chi connectivity index (χ1v) is 19.1. The molecule has 0 aliphatic heterocycles. The Kier molecular flexibility index (Phi) is 27.9. The molecule has 16 heteroatoms. The van der Waals surface area contributed by atoms with E-state index < -0.39 is 57.0 Å². The molecule has 0 aromatic rings. The third kappa shape index (κ3) is 22.2. The molecule has 0 heterocycles. The number of carboxylic acid groups (broad SMARTS) is 3. The van der Waals surface area contributed by atoms with Crippen LogP contribution in [0.25, 0.3) is 0 Å². The summed E-state index contributed by atoms with van der Waals surface area (Å²) in [5, 5.41) is 30.8. The summed E-state index contributed by atoms with van der Waals surface area (Å²) < 4.78 is 34.6. The van der Waals surface area contributed by atoms with Crippen LogP contribution in [0.5, 0.6) is 0 Å². The van der Waals surface area contributed by atoms with Gasteiger partial charge in [-0.2, -0.15) is 0 Å². The second kappa shape index (κ2) is 24.0. The Labute approximate surface area is 249 Å². The maximum absolute atomic E-state index is 11.5. The zero-order valence-electron chi connectivity index (χ0n) is 24.7. The molecule has 0 saturated heterocycles. The minimum atomic E-state index is -3.28. The van der Waals surface area contributed by atoms with E-state index >= 15 is 0 Å². The van der Waals surface area contributed by atoms with Gasteiger partial charge in [-0.25, -0.2) is 0 Å². The molecule has 0 spiro atoms. The molecule has 0 fully saturated rings. The summed E-state index contributed by atoms with van der Waals surface area (Å²) in [6, 6.07) is 0. The van der Waals surface area contributed by atoms with Gasteiger partial charge in [-0.15, -0.1) is 0 Å². The zero-order chi connectivity index (χ0) is 31.4. The third-order valence-electron chi connectivity index (χ3n) is 5.96. The van der Waals surface area contributed by atoms with Crippen molar-refractivity contribution >= 4 is 57.4 Å². The number of carboxylic acids is 3. The van der Waals surface area contributed by atoms with E-state index in [1.54, 1.807) is 41.5 Å². The average Bonchev–Trinajstić information content (AvgIpc) is 2.79. The first kappa shape index (κ1) is 46.5. The van der Waals surface area contributed by atoms with Crippen LogP contribution in [0.15, 0.2) is 0 Å². The van der Waals surface area contributed by atoms with E-state index in [9.17, 15) is 58.1 Å². The Hall–Kier alpha value is -0.488. The Morgan fingerprint density at radius 3 is 0.800 bits per heavy atom. The van der Waals surface area contributed by atoms with E-state index in [1.165, 1.54) is 0 Å². The van der Waals surface area contributed by atoms with Gasteiger partial charge >= 0.3 is 17.4 Å². The summed E-state index contributed by atoms with van der Waals surface area (Å²) in [4.78, 5) is 59.3. The van der Waals surface area contributed by atoms with E-state index in [2.05, 4.69) is 0 Å². The number of carbonyl (C=O) groups is 3. The molecule has 40 heavy (non-hydrogen) atoms. The number of aliphatic carboxylic acids is 3. The molecule has 6 atom stereocenters. The summed E-state index contributed by atoms with van der Waals surface area (Å²) in [6.07, 6.45) is 2.63. The molecule has 0 bridgehead atoms. The average molecular weight is 649 g/mol. The van der Waals surface area contributed by atoms with Crippen LogP contribution in [0.2, 0.25) is 0 Å². The van der Waals surface area contributed by atoms with E-state index in [1.807, 2.05) is 0 Å². The fourth-order valence-electron chi connectivity index (χ4n) is 3.80. The van der Waals surface area contributed by atoms with E-state index in [0.29, 0.717) is 38.5 Å². The summed E-state index contributed by atoms with van der Waals surface area (Å²) in [5.74, 6) is -3.76. The van der Waals surface area contributed by atoms with Crippen LogP contribution in [-0.2, 0) is 28.1 Å². The van der Waals surface area contributed by atoms with Gasteiger partial charge in [-0.3, -0.25) is 13.7 Å². The van der Waals surface area contributed by atoms with Gasteiger partial charge in [0, 0.05) is 53.4 Å². The number of hydrogen-bond donors (Lipinski definition) is 3. The maximum atomic E-state index is 11.5. The third-order valence-corrected chi connectivity index (χ3v) is 14.3. The monoisotopic (exact) mass is 648 g/mol. The Morgan fingerprint density at radius 1 is 0.525 bits per heavy atom. The van der Waals surface area contributed by atoms with Crippen molar-refractivity contribution in [2.45, 2.75) is 116 Å². The van der Waals surface area contributed by atoms with Gasteiger partial charge in [-0.05, 0) is 57.8 Å². The maximum Gasteiger partial charge on any atom is 3.00 e. The van der Waals surface area contributed by atoms with Crippen molar-refractivity contribution in [3.05, 3.63) is 0 Å². The molecule has 12 nitrogen and oxygen atoms in total. The molecule has 0 aliphatic rings. The second-order valence-electron chi connectivity index (χ2n) is 9.35. The molecule has 0 radical (unpaired) electrons. The Balaban J connectivity index is -0.000000240. The van der Waals surface area contributed by atoms with Crippen molar-refractivity contribution in [2.75, 3.05) is 18.5 Å². The molecule has 6 unspecified atom stereocenters. The Bertz CT molecular complexity index is 759. The van der Waals surface area contributed by atoms with Gasteiger partial charge in [0.2, 0.25) is 22.1 Å². The number of hydrogen-bond acceptors (Lipinski definition) is 9. The van der Waals surface area contributed by atoms with Crippen LogP contribution < -0.4 is 15.3 Å². The number of carbonyl (C=O) groups excluding carboxylic acids is 3. The van der Waals surface area contributed by atoms with Crippen LogP contribution in [0.3, 0.4) is 0 Å². The van der Waals surface area contributed by atoms with Crippen LogP contribution in [0, 0.1) is 0 Å². The first-order chi connectivity index (χ1) is 17.8. The molecular weight excluding hydrogens is 600 g/mol. The standard InChI is InChI=1S/3C8H17O4P.Al/c3*1-3-5-13(11,12)7(4-2)6-8(9)10;/h3*7H,3-6H2,1-2H3,(H,9,10)(H,11,12);/q;;;+3/p-3. The van der Waals surface area contributed by atoms with Gasteiger partial charge in [0.25, 0.3) is 0 Å². The summed E-state index contributed by atoms with van der Waals surface area (Å²) >= 11 is 0. The molecular formula is C24H48AlO12P3. The van der Waals surface area contributed by atoms with E-state index in [4.69, 9.17) is 0 Å². The smallest absolute Gasteiger partial charge is 0.550 e. The molecule has 0 aromatic carbocycles. The van der Waals surface area contributed by atoms with Crippen molar-refractivity contribution < 1.29 is 58.1 Å². The second-order valence-corrected chi connectivity index (χ2v) is 17.4. The van der Waals surface area contributed by atoms with Crippen LogP contribution in [0.4, 0.5) is 0 Å². The first-order valence-electron chi connectivity index (χ1n) is 13.3. The van der Waals surface area contributed by atoms with Crippen LogP contribution in [0.1, 0.15) is 99.3 Å². The van der Waals surface area contributed by atoms with Crippen molar-refractivity contribution in [1.29, 1.82) is 0 Å². The van der Waals surface area contributed by atoms with Gasteiger partial charge in [-0.1, -0.05) is 41.5 Å². The van der Waals surface area contributed by atoms with E-state index in [-0.39, 0.29) is 55.1 Å². The molecule has 0 aromatic heterocycles. The van der Waals surface area contributed by atoms with Gasteiger partial charge in [0.1, 0.15) is 0 Å². The SMILES string of the molecule is CCCP(=O)(O)C(CC)CC(=O)[O-].CCCP(=O)(O)C(CC)CC(=O)[O-].CCCP(=O)(O)C(CC)CC(=O)[O-].[Al+3]. The summed E-state index contributed by atoms with van der Waals surface area (Å²) in [5.41, 5.74) is -1.92. The fraction of sp³-hybridized carbons (Fsp3) is 0.875. The predicted molar refractivity (Wildman–Crippen MR) is 152 cm³/mol. The zero-order valence-corrected chi connectivity index (χ0v) is 28.5. The molecule has 0 saturated carbocycles. The molecule has 234 valence electrons. The quantitative estimate of drug-likeness (QED) is 0.141. The predicted octanol–water partition coefficient (Wildman–Crippen LogP) is 1.38. The minimum Gasteiger partial charge on any atom is -0.550 e. The normalized spacial score (nSPS) is 17.3. The summed E-state index contributed by atoms with van der Waals surface area (Å²) in [6.45, 7) is 10.5. The molecule has 0 amide bonds. The molecule has 0 rings (SSSR count). The van der Waals surface area contributed by atoms with Gasteiger partial charge < -0.3 is 44.4 Å². The van der Waals surface area contributed by atoms with Crippen LogP contribution >= 0.6 is 22.1 Å². The van der Waals surface area contributed by atoms with Crippen molar-refractivity contribution in [3.63, 3.8) is 0 Å². The minimum absolute atomic E-state index is 0. The van der Waals surface area contributed by atoms with Gasteiger partial charge in [0.15, 0.2) is 0 Å². The summed E-state index contributed by atoms with van der Waals surface area (Å²) in [7, 11) is -9.83. The van der Waals surface area contributed by atoms with Crippen LogP contribution in [-0.4, -0.2) is 85.4 Å². The Morgan fingerprint density at radius 2 is 0.700 bits per heavy atom. The number of rotatable bonds is 18.